The Balaban J connectivity index is 1.51. The number of hydrogen-bond donors (Lipinski definition) is 2. The van der Waals surface area contributed by atoms with Gasteiger partial charge in [0.05, 0.1) is 18.5 Å². The molecule has 0 fully saturated rings. The highest BCUT2D eigenvalue weighted by Gasteiger charge is 2.11. The maximum Gasteiger partial charge on any atom is 0.230 e. The summed E-state index contributed by atoms with van der Waals surface area (Å²) in [7, 11) is 0. The highest BCUT2D eigenvalue weighted by atomic mass is 32.1. The van der Waals surface area contributed by atoms with E-state index in [9.17, 15) is 14.4 Å². The number of carbonyl (C=O) groups is 3. The average molecular weight is 393 g/mol. The molecule has 6 nitrogen and oxygen atoms in total. The van der Waals surface area contributed by atoms with Crippen molar-refractivity contribution in [3.63, 3.8) is 0 Å². The highest BCUT2D eigenvalue weighted by molar-refractivity contribution is 7.13. The number of carbonyl (C=O) groups excluding carboxylic acids is 3. The topological polar surface area (TPSA) is 88.2 Å². The Hall–Kier alpha value is -3.32. The van der Waals surface area contributed by atoms with Crippen molar-refractivity contribution >= 4 is 39.8 Å². The van der Waals surface area contributed by atoms with Crippen LogP contribution in [0.3, 0.4) is 0 Å². The summed E-state index contributed by atoms with van der Waals surface area (Å²) < 4.78 is 0. The number of hydrogen-bond acceptors (Lipinski definition) is 5. The largest absolute Gasteiger partial charge is 0.326 e. The number of ketones is 1. The molecule has 142 valence electrons. The van der Waals surface area contributed by atoms with E-state index in [1.807, 2.05) is 30.3 Å². The first-order valence-corrected chi connectivity index (χ1v) is 9.56. The maximum atomic E-state index is 12.2. The third-order valence-corrected chi connectivity index (χ3v) is 4.73. The van der Waals surface area contributed by atoms with Crippen LogP contribution < -0.4 is 10.6 Å². The lowest BCUT2D eigenvalue weighted by Gasteiger charge is -2.05. The van der Waals surface area contributed by atoms with Crippen LogP contribution in [0.5, 0.6) is 0 Å². The van der Waals surface area contributed by atoms with Gasteiger partial charge in [-0.05, 0) is 36.8 Å². The van der Waals surface area contributed by atoms with Crippen molar-refractivity contribution in [2.24, 2.45) is 0 Å². The Kier molecular flexibility index (Phi) is 6.29. The van der Waals surface area contributed by atoms with Crippen molar-refractivity contribution in [1.82, 2.24) is 4.98 Å². The predicted molar refractivity (Wildman–Crippen MR) is 110 cm³/mol. The fraction of sp³-hybridized carbons (Fsp3) is 0.143. The van der Waals surface area contributed by atoms with Gasteiger partial charge in [-0.3, -0.25) is 14.4 Å². The number of amides is 2. The normalized spacial score (nSPS) is 10.3. The number of rotatable bonds is 7. The molecule has 0 aliphatic heterocycles. The van der Waals surface area contributed by atoms with Gasteiger partial charge in [-0.15, -0.1) is 11.3 Å². The highest BCUT2D eigenvalue weighted by Crippen LogP contribution is 2.17. The fourth-order valence-corrected chi connectivity index (χ4v) is 3.27. The van der Waals surface area contributed by atoms with Crippen LogP contribution in [0.4, 0.5) is 10.8 Å². The fourth-order valence-electron chi connectivity index (χ4n) is 2.55. The van der Waals surface area contributed by atoms with E-state index in [1.54, 1.807) is 29.6 Å². The summed E-state index contributed by atoms with van der Waals surface area (Å²) in [6, 6.07) is 16.2. The van der Waals surface area contributed by atoms with E-state index in [1.165, 1.54) is 18.3 Å². The molecule has 3 rings (SSSR count). The zero-order valence-electron chi connectivity index (χ0n) is 15.3. The molecule has 28 heavy (non-hydrogen) atoms. The van der Waals surface area contributed by atoms with E-state index >= 15 is 0 Å². The van der Waals surface area contributed by atoms with Gasteiger partial charge in [-0.1, -0.05) is 30.3 Å². The number of nitrogens with zero attached hydrogens (tertiary/aromatic N) is 1. The molecule has 0 aliphatic carbocycles. The molecule has 0 atom stereocenters. The van der Waals surface area contributed by atoms with Crippen molar-refractivity contribution in [2.45, 2.75) is 19.8 Å². The summed E-state index contributed by atoms with van der Waals surface area (Å²) in [5.74, 6) is -0.396. The van der Waals surface area contributed by atoms with Crippen LogP contribution in [0.2, 0.25) is 0 Å². The number of thiazole rings is 1. The second-order valence-electron chi connectivity index (χ2n) is 6.21. The van der Waals surface area contributed by atoms with E-state index < -0.39 is 0 Å². The molecular formula is C21H19N3O3S. The molecular weight excluding hydrogens is 374 g/mol. The van der Waals surface area contributed by atoms with Crippen molar-refractivity contribution in [3.8, 4) is 0 Å². The van der Waals surface area contributed by atoms with Crippen LogP contribution >= 0.6 is 11.3 Å². The quantitative estimate of drug-likeness (QED) is 0.599. The van der Waals surface area contributed by atoms with Gasteiger partial charge in [0.25, 0.3) is 0 Å². The SMILES string of the molecule is CC(=O)c1ccc(NC(=O)Cc2csc(NC(=O)Cc3ccccc3)n2)cc1. The first-order chi connectivity index (χ1) is 13.5. The van der Waals surface area contributed by atoms with Crippen LogP contribution in [0.25, 0.3) is 0 Å². The van der Waals surface area contributed by atoms with Gasteiger partial charge in [-0.25, -0.2) is 4.98 Å². The van der Waals surface area contributed by atoms with Crippen molar-refractivity contribution in [3.05, 3.63) is 76.8 Å². The van der Waals surface area contributed by atoms with E-state index in [-0.39, 0.29) is 30.4 Å². The number of anilines is 2. The molecule has 2 aromatic carbocycles. The lowest BCUT2D eigenvalue weighted by Crippen LogP contribution is -2.16. The molecule has 0 bridgehead atoms. The summed E-state index contributed by atoms with van der Waals surface area (Å²) in [4.78, 5) is 39.8. The monoisotopic (exact) mass is 393 g/mol. The molecule has 3 aromatic rings. The number of Topliss-reactive ketones (excluding diaryl/α,β-unsaturated/α-hetero) is 1. The third kappa shape index (κ3) is 5.59. The zero-order chi connectivity index (χ0) is 19.9. The van der Waals surface area contributed by atoms with Gasteiger partial charge in [0, 0.05) is 16.6 Å². The predicted octanol–water partition coefficient (Wildman–Crippen LogP) is 3.71. The Labute approximate surface area is 166 Å². The molecule has 0 radical (unpaired) electrons. The minimum Gasteiger partial charge on any atom is -0.326 e. The maximum absolute atomic E-state index is 12.2. The zero-order valence-corrected chi connectivity index (χ0v) is 16.1. The van der Waals surface area contributed by atoms with Crippen LogP contribution in [0.15, 0.2) is 60.0 Å². The minimum absolute atomic E-state index is 0.0257. The summed E-state index contributed by atoms with van der Waals surface area (Å²) in [6.07, 6.45) is 0.367. The second kappa shape index (κ2) is 9.05. The molecule has 1 heterocycles. The van der Waals surface area contributed by atoms with Gasteiger partial charge in [0.1, 0.15) is 0 Å². The van der Waals surface area contributed by atoms with E-state index in [0.29, 0.717) is 22.1 Å². The molecule has 0 unspecified atom stereocenters. The molecule has 0 aliphatic rings. The Morgan fingerprint density at radius 2 is 1.57 bits per heavy atom. The van der Waals surface area contributed by atoms with Crippen molar-refractivity contribution < 1.29 is 14.4 Å². The lowest BCUT2D eigenvalue weighted by molar-refractivity contribution is -0.116. The molecule has 2 amide bonds. The molecule has 0 spiro atoms. The smallest absolute Gasteiger partial charge is 0.230 e. The Bertz CT molecular complexity index is 982. The molecule has 0 saturated heterocycles. The van der Waals surface area contributed by atoms with E-state index in [2.05, 4.69) is 15.6 Å². The first-order valence-electron chi connectivity index (χ1n) is 8.68. The molecule has 0 saturated carbocycles. The van der Waals surface area contributed by atoms with Crippen molar-refractivity contribution in [2.75, 3.05) is 10.6 Å². The van der Waals surface area contributed by atoms with Crippen LogP contribution in [0.1, 0.15) is 28.5 Å². The van der Waals surface area contributed by atoms with Gasteiger partial charge < -0.3 is 10.6 Å². The molecule has 7 heteroatoms. The molecule has 2 N–H and O–H groups in total. The number of benzene rings is 2. The summed E-state index contributed by atoms with van der Waals surface area (Å²) >= 11 is 1.28. The van der Waals surface area contributed by atoms with E-state index in [0.717, 1.165) is 5.56 Å². The Morgan fingerprint density at radius 1 is 0.893 bits per heavy atom. The summed E-state index contributed by atoms with van der Waals surface area (Å²) in [5, 5.41) is 7.74. The second-order valence-corrected chi connectivity index (χ2v) is 7.07. The van der Waals surface area contributed by atoms with Crippen LogP contribution in [-0.4, -0.2) is 22.6 Å². The van der Waals surface area contributed by atoms with Gasteiger partial charge >= 0.3 is 0 Å². The van der Waals surface area contributed by atoms with E-state index in [4.69, 9.17) is 0 Å². The average Bonchev–Trinajstić information content (AvgIpc) is 3.09. The lowest BCUT2D eigenvalue weighted by atomic mass is 10.1. The first kappa shape index (κ1) is 19.4. The standard InChI is InChI=1S/C21H19N3O3S/c1-14(25)16-7-9-17(10-8-16)22-20(27)12-18-13-28-21(23-18)24-19(26)11-15-5-3-2-4-6-15/h2-10,13H,11-12H2,1H3,(H,22,27)(H,23,24,26). The van der Waals surface area contributed by atoms with Gasteiger partial charge in [-0.2, -0.15) is 0 Å². The number of nitrogens with one attached hydrogen (secondary N) is 2. The molecule has 1 aromatic heterocycles. The van der Waals surface area contributed by atoms with Crippen molar-refractivity contribution in [1.29, 1.82) is 0 Å². The summed E-state index contributed by atoms with van der Waals surface area (Å²) in [5.41, 5.74) is 2.71. The number of aromatic nitrogens is 1. The van der Waals surface area contributed by atoms with Gasteiger partial charge in [0.2, 0.25) is 11.8 Å². The van der Waals surface area contributed by atoms with Gasteiger partial charge in [0.15, 0.2) is 10.9 Å². The minimum atomic E-state index is -0.219. The van der Waals surface area contributed by atoms with Crippen LogP contribution in [0, 0.1) is 0 Å². The third-order valence-electron chi connectivity index (χ3n) is 3.92. The van der Waals surface area contributed by atoms with Crippen LogP contribution in [-0.2, 0) is 22.4 Å². The Morgan fingerprint density at radius 3 is 2.25 bits per heavy atom. The summed E-state index contributed by atoms with van der Waals surface area (Å²) in [6.45, 7) is 1.49.